The molecular formula is C25H29FN4O3S. The molecule has 4 saturated carbocycles. The van der Waals surface area contributed by atoms with Crippen molar-refractivity contribution in [3.8, 4) is 0 Å². The third kappa shape index (κ3) is 3.92. The highest BCUT2D eigenvalue weighted by Gasteiger charge is 2.51. The maximum atomic E-state index is 13.6. The van der Waals surface area contributed by atoms with Gasteiger partial charge in [0.05, 0.1) is 17.1 Å². The van der Waals surface area contributed by atoms with Gasteiger partial charge in [-0.3, -0.25) is 4.79 Å². The van der Waals surface area contributed by atoms with Crippen molar-refractivity contribution in [2.24, 2.45) is 23.2 Å². The van der Waals surface area contributed by atoms with E-state index in [9.17, 15) is 17.6 Å². The summed E-state index contributed by atoms with van der Waals surface area (Å²) in [7, 11) is -3.85. The predicted octanol–water partition coefficient (Wildman–Crippen LogP) is 3.91. The summed E-state index contributed by atoms with van der Waals surface area (Å²) in [5.41, 5.74) is 1.50. The Morgan fingerprint density at radius 2 is 1.82 bits per heavy atom. The van der Waals surface area contributed by atoms with Crippen molar-refractivity contribution >= 4 is 21.7 Å². The Labute approximate surface area is 199 Å². The minimum Gasteiger partial charge on any atom is -0.310 e. The number of carbonyl (C=O) groups excluding carboxylic acids is 1. The third-order valence-electron chi connectivity index (χ3n) is 8.36. The van der Waals surface area contributed by atoms with Crippen molar-refractivity contribution in [1.82, 2.24) is 14.3 Å². The van der Waals surface area contributed by atoms with Gasteiger partial charge in [0.15, 0.2) is 0 Å². The Hall–Kier alpha value is -2.39. The minimum atomic E-state index is -3.85. The first-order valence-electron chi connectivity index (χ1n) is 12.2. The normalized spacial score (nSPS) is 30.2. The highest BCUT2D eigenvalue weighted by molar-refractivity contribution is 7.89. The largest absolute Gasteiger partial charge is 0.310 e. The zero-order valence-corrected chi connectivity index (χ0v) is 19.9. The molecule has 5 aliphatic rings. The standard InChI is InChI=1S/C25H29FN4O3S/c26-19-2-1-3-20(9-19)34(32,33)30-5-4-21-22(14-30)27-15-28-24(21)29-23(31)13-25-10-16-6-17(11-25)8-18(7-16)12-25/h1-3,9,15-18H,4-8,10-14H2,(H,27,28,29,31). The Bertz CT molecular complexity index is 1210. The van der Waals surface area contributed by atoms with Gasteiger partial charge in [-0.1, -0.05) is 6.07 Å². The molecule has 1 aromatic carbocycles. The van der Waals surface area contributed by atoms with Crippen molar-refractivity contribution < 1.29 is 17.6 Å². The molecule has 2 heterocycles. The fraction of sp³-hybridized carbons (Fsp3) is 0.560. The molecule has 7 rings (SSSR count). The molecule has 4 bridgehead atoms. The van der Waals surface area contributed by atoms with Crippen molar-refractivity contribution in [2.75, 3.05) is 11.9 Å². The molecule has 9 heteroatoms. The fourth-order valence-electron chi connectivity index (χ4n) is 7.44. The second-order valence-corrected chi connectivity index (χ2v) is 12.8. The Morgan fingerprint density at radius 3 is 2.50 bits per heavy atom. The van der Waals surface area contributed by atoms with Crippen LogP contribution in [0.5, 0.6) is 0 Å². The number of amides is 1. The second-order valence-electron chi connectivity index (χ2n) is 10.8. The molecule has 2 aromatic rings. The lowest BCUT2D eigenvalue weighted by Gasteiger charge is -2.56. The smallest absolute Gasteiger partial charge is 0.243 e. The molecule has 7 nitrogen and oxygen atoms in total. The van der Waals surface area contributed by atoms with E-state index in [2.05, 4.69) is 15.3 Å². The number of hydrogen-bond acceptors (Lipinski definition) is 5. The lowest BCUT2D eigenvalue weighted by molar-refractivity contribution is -0.124. The summed E-state index contributed by atoms with van der Waals surface area (Å²) in [4.78, 5) is 21.7. The number of hydrogen-bond donors (Lipinski definition) is 1. The Kier molecular flexibility index (Phi) is 5.26. The number of aromatic nitrogens is 2. The summed E-state index contributed by atoms with van der Waals surface area (Å²) in [5.74, 6) is 2.26. The average molecular weight is 485 g/mol. The van der Waals surface area contributed by atoms with Crippen LogP contribution in [0.4, 0.5) is 10.2 Å². The van der Waals surface area contributed by atoms with Crippen LogP contribution in [-0.2, 0) is 27.8 Å². The second kappa shape index (κ2) is 8.09. The molecule has 1 amide bonds. The number of nitrogens with one attached hydrogen (secondary N) is 1. The van der Waals surface area contributed by atoms with E-state index in [0.29, 0.717) is 24.4 Å². The molecule has 1 aliphatic heterocycles. The quantitative estimate of drug-likeness (QED) is 0.695. The maximum absolute atomic E-state index is 13.6. The van der Waals surface area contributed by atoms with Gasteiger partial charge in [0.1, 0.15) is 18.0 Å². The fourth-order valence-corrected chi connectivity index (χ4v) is 8.88. The first kappa shape index (κ1) is 22.1. The summed E-state index contributed by atoms with van der Waals surface area (Å²) in [6, 6.07) is 5.03. The highest BCUT2D eigenvalue weighted by atomic mass is 32.2. The zero-order valence-electron chi connectivity index (χ0n) is 19.0. The van der Waals surface area contributed by atoms with Crippen LogP contribution in [0, 0.1) is 29.0 Å². The zero-order chi connectivity index (χ0) is 23.5. The van der Waals surface area contributed by atoms with Crippen LogP contribution < -0.4 is 5.32 Å². The Balaban J connectivity index is 1.17. The van der Waals surface area contributed by atoms with Crippen LogP contribution in [0.15, 0.2) is 35.5 Å². The first-order valence-corrected chi connectivity index (χ1v) is 13.6. The summed E-state index contributed by atoms with van der Waals surface area (Å²) in [6.07, 6.45) is 9.83. The van der Waals surface area contributed by atoms with E-state index in [-0.39, 0.29) is 29.3 Å². The van der Waals surface area contributed by atoms with Crippen LogP contribution in [-0.4, -0.2) is 35.1 Å². The molecular weight excluding hydrogens is 455 g/mol. The van der Waals surface area contributed by atoms with E-state index in [1.54, 1.807) is 0 Å². The van der Waals surface area contributed by atoms with Crippen LogP contribution in [0.1, 0.15) is 56.2 Å². The van der Waals surface area contributed by atoms with E-state index >= 15 is 0 Å². The number of benzene rings is 1. The summed E-state index contributed by atoms with van der Waals surface area (Å²) < 4.78 is 40.9. The number of sulfonamides is 1. The summed E-state index contributed by atoms with van der Waals surface area (Å²) in [6.45, 7) is 0.283. The van der Waals surface area contributed by atoms with Crippen LogP contribution in [0.2, 0.25) is 0 Å². The number of halogens is 1. The summed E-state index contributed by atoms with van der Waals surface area (Å²) >= 11 is 0. The predicted molar refractivity (Wildman–Crippen MR) is 124 cm³/mol. The van der Waals surface area contributed by atoms with Gasteiger partial charge in [-0.15, -0.1) is 0 Å². The van der Waals surface area contributed by atoms with Gasteiger partial charge in [0, 0.05) is 18.5 Å². The first-order chi connectivity index (χ1) is 16.3. The van der Waals surface area contributed by atoms with Crippen LogP contribution >= 0.6 is 0 Å². The van der Waals surface area contributed by atoms with Gasteiger partial charge >= 0.3 is 0 Å². The molecule has 4 aliphatic carbocycles. The number of anilines is 1. The van der Waals surface area contributed by atoms with Crippen molar-refractivity contribution in [3.63, 3.8) is 0 Å². The van der Waals surface area contributed by atoms with Crippen molar-refractivity contribution in [1.29, 1.82) is 0 Å². The van der Waals surface area contributed by atoms with Gasteiger partial charge in [-0.05, 0) is 86.3 Å². The minimum absolute atomic E-state index is 0.00216. The Morgan fingerprint density at radius 1 is 1.12 bits per heavy atom. The molecule has 0 saturated heterocycles. The molecule has 0 spiro atoms. The lowest BCUT2D eigenvalue weighted by atomic mass is 9.49. The van der Waals surface area contributed by atoms with Crippen LogP contribution in [0.25, 0.3) is 0 Å². The third-order valence-corrected chi connectivity index (χ3v) is 10.2. The number of fused-ring (bicyclic) bond motifs is 1. The molecule has 0 atom stereocenters. The van der Waals surface area contributed by atoms with Gasteiger partial charge in [-0.25, -0.2) is 22.8 Å². The molecule has 0 radical (unpaired) electrons. The van der Waals surface area contributed by atoms with E-state index < -0.39 is 15.8 Å². The molecule has 180 valence electrons. The van der Waals surface area contributed by atoms with Crippen LogP contribution in [0.3, 0.4) is 0 Å². The van der Waals surface area contributed by atoms with Crippen molar-refractivity contribution in [3.05, 3.63) is 47.7 Å². The van der Waals surface area contributed by atoms with Crippen molar-refractivity contribution in [2.45, 2.75) is 62.8 Å². The monoisotopic (exact) mass is 484 g/mol. The molecule has 34 heavy (non-hydrogen) atoms. The number of rotatable bonds is 5. The van der Waals surface area contributed by atoms with E-state index in [1.807, 2.05) is 0 Å². The van der Waals surface area contributed by atoms with Gasteiger partial charge in [0.2, 0.25) is 15.9 Å². The molecule has 4 fully saturated rings. The molecule has 1 aromatic heterocycles. The highest BCUT2D eigenvalue weighted by Crippen LogP contribution is 2.61. The van der Waals surface area contributed by atoms with E-state index in [1.165, 1.54) is 67.4 Å². The van der Waals surface area contributed by atoms with E-state index in [4.69, 9.17) is 0 Å². The van der Waals surface area contributed by atoms with Gasteiger partial charge in [0.25, 0.3) is 0 Å². The number of carbonyl (C=O) groups is 1. The van der Waals surface area contributed by atoms with Gasteiger partial charge < -0.3 is 5.32 Å². The van der Waals surface area contributed by atoms with E-state index in [0.717, 1.165) is 29.4 Å². The average Bonchev–Trinajstić information content (AvgIpc) is 2.77. The maximum Gasteiger partial charge on any atom is 0.243 e. The topological polar surface area (TPSA) is 92.3 Å². The SMILES string of the molecule is O=C(CC12CC3CC(CC(C3)C1)C2)Nc1ncnc2c1CCN(S(=O)(=O)c1cccc(F)c1)C2. The lowest BCUT2D eigenvalue weighted by Crippen LogP contribution is -2.47. The molecule has 1 N–H and O–H groups in total. The van der Waals surface area contributed by atoms with Gasteiger partial charge in [-0.2, -0.15) is 4.31 Å². The summed E-state index contributed by atoms with van der Waals surface area (Å²) in [5, 5.41) is 3.03. The number of nitrogens with zero attached hydrogens (tertiary/aromatic N) is 3. The molecule has 0 unspecified atom stereocenters.